The van der Waals surface area contributed by atoms with Crippen LogP contribution in [0.15, 0.2) is 11.5 Å². The highest BCUT2D eigenvalue weighted by Gasteiger charge is 2.05. The quantitative estimate of drug-likeness (QED) is 0.248. The van der Waals surface area contributed by atoms with Gasteiger partial charge in [0.2, 0.25) is 6.41 Å². The third kappa shape index (κ3) is 2.03. The van der Waals surface area contributed by atoms with Crippen LogP contribution in [0.5, 0.6) is 0 Å². The lowest BCUT2D eigenvalue weighted by Crippen LogP contribution is -2.32. The van der Waals surface area contributed by atoms with Crippen LogP contribution in [0.4, 0.5) is 0 Å². The molecule has 0 aliphatic heterocycles. The smallest absolute Gasteiger partial charge is 0.277 e. The first-order chi connectivity index (χ1) is 4.59. The first-order valence-electron chi connectivity index (χ1n) is 2.34. The highest BCUT2D eigenvalue weighted by molar-refractivity contribution is 5.98. The predicted octanol–water partition coefficient (Wildman–Crippen LogP) is -2.70. The van der Waals surface area contributed by atoms with Gasteiger partial charge in [0.1, 0.15) is 11.5 Å². The van der Waals surface area contributed by atoms with Gasteiger partial charge in [-0.25, -0.2) is 0 Å². The molecule has 0 aliphatic carbocycles. The monoisotopic (exact) mass is 144 g/mol. The van der Waals surface area contributed by atoms with Crippen LogP contribution in [0.1, 0.15) is 0 Å². The van der Waals surface area contributed by atoms with Gasteiger partial charge in [-0.3, -0.25) is 14.9 Å². The van der Waals surface area contributed by atoms with E-state index < -0.39 is 5.91 Å². The van der Waals surface area contributed by atoms with Crippen molar-refractivity contribution in [2.24, 2.45) is 17.2 Å². The Kier molecular flexibility index (Phi) is 2.76. The normalized spacial score (nSPS) is 8.00. The summed E-state index contributed by atoms with van der Waals surface area (Å²) in [5.41, 5.74) is 14.5. The van der Waals surface area contributed by atoms with Crippen LogP contribution < -0.4 is 22.5 Å². The summed E-state index contributed by atoms with van der Waals surface area (Å²) in [4.78, 5) is 20.1. The summed E-state index contributed by atoms with van der Waals surface area (Å²) in [5.74, 6) is -1.10. The molecule has 0 heterocycles. The fourth-order valence-electron chi connectivity index (χ4n) is 0.262. The minimum atomic E-state index is -0.796. The third-order valence-corrected chi connectivity index (χ3v) is 0.746. The van der Waals surface area contributed by atoms with Crippen molar-refractivity contribution in [3.63, 3.8) is 0 Å². The Balaban J connectivity index is 4.22. The van der Waals surface area contributed by atoms with Crippen molar-refractivity contribution < 1.29 is 9.59 Å². The molecule has 7 N–H and O–H groups in total. The summed E-state index contributed by atoms with van der Waals surface area (Å²) in [6.07, 6.45) is 0.193. The second kappa shape index (κ2) is 3.33. The fraction of sp³-hybridized carbons (Fsp3) is 0. The lowest BCUT2D eigenvalue weighted by Gasteiger charge is -1.98. The van der Waals surface area contributed by atoms with Crippen molar-refractivity contribution in [2.75, 3.05) is 0 Å². The molecule has 6 nitrogen and oxygen atoms in total. The molecule has 0 unspecified atom stereocenters. The minimum Gasteiger partial charge on any atom is -0.391 e. The van der Waals surface area contributed by atoms with Crippen LogP contribution in [0.2, 0.25) is 0 Å². The van der Waals surface area contributed by atoms with Gasteiger partial charge in [-0.15, -0.1) is 0 Å². The Bertz CT molecular complexity index is 182. The molecule has 0 fully saturated rings. The van der Waals surface area contributed by atoms with Crippen LogP contribution in [0.3, 0.4) is 0 Å². The number of imide groups is 1. The molecule has 0 aliphatic rings. The van der Waals surface area contributed by atoms with Gasteiger partial charge in [0.25, 0.3) is 5.91 Å². The van der Waals surface area contributed by atoms with Gasteiger partial charge in [-0.2, -0.15) is 0 Å². The second-order valence-electron chi connectivity index (χ2n) is 1.46. The van der Waals surface area contributed by atoms with E-state index in [1.165, 1.54) is 0 Å². The Morgan fingerprint density at radius 1 is 1.30 bits per heavy atom. The molecule has 0 saturated carbocycles. The molecule has 0 bridgehead atoms. The van der Waals surface area contributed by atoms with E-state index >= 15 is 0 Å². The molecular formula is C4H8N4O2. The third-order valence-electron chi connectivity index (χ3n) is 0.746. The van der Waals surface area contributed by atoms with Crippen molar-refractivity contribution >= 4 is 12.3 Å². The van der Waals surface area contributed by atoms with Gasteiger partial charge in [0.05, 0.1) is 0 Å². The standard InChI is InChI=1S/C4H8N4O2/c5-2(3(6)7)4(10)8-1-9/h1H,5-7H2,(H,8,9,10). The second-order valence-corrected chi connectivity index (χ2v) is 1.46. The number of carbonyl (C=O) groups excluding carboxylic acids is 2. The minimum absolute atomic E-state index is 0.193. The zero-order valence-electron chi connectivity index (χ0n) is 5.13. The van der Waals surface area contributed by atoms with Crippen molar-refractivity contribution in [1.29, 1.82) is 0 Å². The van der Waals surface area contributed by atoms with Crippen molar-refractivity contribution in [1.82, 2.24) is 5.32 Å². The van der Waals surface area contributed by atoms with E-state index in [1.54, 1.807) is 5.32 Å². The van der Waals surface area contributed by atoms with E-state index in [4.69, 9.17) is 17.2 Å². The Morgan fingerprint density at radius 2 is 1.80 bits per heavy atom. The summed E-state index contributed by atoms with van der Waals surface area (Å²) in [6.45, 7) is 0. The van der Waals surface area contributed by atoms with E-state index in [0.29, 0.717) is 0 Å². The largest absolute Gasteiger partial charge is 0.391 e. The fourth-order valence-corrected chi connectivity index (χ4v) is 0.262. The maximum Gasteiger partial charge on any atom is 0.277 e. The van der Waals surface area contributed by atoms with Gasteiger partial charge in [0, 0.05) is 0 Å². The predicted molar refractivity (Wildman–Crippen MR) is 33.8 cm³/mol. The van der Waals surface area contributed by atoms with Gasteiger partial charge in [-0.1, -0.05) is 0 Å². The summed E-state index contributed by atoms with van der Waals surface area (Å²) in [6, 6.07) is 0. The topological polar surface area (TPSA) is 124 Å². The summed E-state index contributed by atoms with van der Waals surface area (Å²) in [5, 5.41) is 1.76. The van der Waals surface area contributed by atoms with Crippen LogP contribution in [-0.2, 0) is 9.59 Å². The van der Waals surface area contributed by atoms with E-state index in [0.717, 1.165) is 0 Å². The molecule has 0 rings (SSSR count). The first kappa shape index (κ1) is 8.28. The van der Waals surface area contributed by atoms with Gasteiger partial charge < -0.3 is 17.2 Å². The number of rotatable bonds is 2. The molecule has 6 heteroatoms. The molecular weight excluding hydrogens is 136 g/mol. The molecule has 0 aromatic heterocycles. The zero-order valence-corrected chi connectivity index (χ0v) is 5.13. The first-order valence-corrected chi connectivity index (χ1v) is 2.34. The van der Waals surface area contributed by atoms with Crippen LogP contribution >= 0.6 is 0 Å². The lowest BCUT2D eigenvalue weighted by atomic mass is 10.4. The van der Waals surface area contributed by atoms with Crippen LogP contribution in [-0.4, -0.2) is 12.3 Å². The number of nitrogens with two attached hydrogens (primary N) is 3. The molecule has 0 aromatic carbocycles. The van der Waals surface area contributed by atoms with Crippen molar-refractivity contribution in [2.45, 2.75) is 0 Å². The van der Waals surface area contributed by atoms with E-state index in [1.807, 2.05) is 0 Å². The summed E-state index contributed by atoms with van der Waals surface area (Å²) >= 11 is 0. The number of hydrogen-bond donors (Lipinski definition) is 4. The van der Waals surface area contributed by atoms with Gasteiger partial charge in [-0.05, 0) is 0 Å². The molecule has 0 spiro atoms. The summed E-state index contributed by atoms with van der Waals surface area (Å²) in [7, 11) is 0. The van der Waals surface area contributed by atoms with Crippen molar-refractivity contribution in [3.05, 3.63) is 11.5 Å². The van der Waals surface area contributed by atoms with Crippen molar-refractivity contribution in [3.8, 4) is 0 Å². The Hall–Kier alpha value is -1.72. The molecule has 0 radical (unpaired) electrons. The average molecular weight is 144 g/mol. The molecule has 56 valence electrons. The Morgan fingerprint density at radius 3 is 2.10 bits per heavy atom. The zero-order chi connectivity index (χ0) is 8.15. The van der Waals surface area contributed by atoms with E-state index in [-0.39, 0.29) is 17.9 Å². The average Bonchev–Trinajstić information content (AvgIpc) is 1.87. The maximum atomic E-state index is 10.5. The number of carbonyl (C=O) groups is 2. The SMILES string of the molecule is NC(N)=C(N)C(=O)NC=O. The highest BCUT2D eigenvalue weighted by atomic mass is 16.2. The summed E-state index contributed by atoms with van der Waals surface area (Å²) < 4.78 is 0. The van der Waals surface area contributed by atoms with Crippen LogP contribution in [0, 0.1) is 0 Å². The number of hydrogen-bond acceptors (Lipinski definition) is 5. The molecule has 0 aromatic rings. The van der Waals surface area contributed by atoms with Crippen LogP contribution in [0.25, 0.3) is 0 Å². The molecule has 2 amide bonds. The highest BCUT2D eigenvalue weighted by Crippen LogP contribution is 1.81. The lowest BCUT2D eigenvalue weighted by molar-refractivity contribution is -0.122. The maximum absolute atomic E-state index is 10.5. The van der Waals surface area contributed by atoms with Gasteiger partial charge in [0.15, 0.2) is 0 Å². The Labute approximate surface area is 57.0 Å². The molecule has 0 atom stereocenters. The number of nitrogens with one attached hydrogen (secondary N) is 1. The van der Waals surface area contributed by atoms with E-state index in [9.17, 15) is 9.59 Å². The van der Waals surface area contributed by atoms with E-state index in [2.05, 4.69) is 0 Å². The number of amides is 2. The molecule has 10 heavy (non-hydrogen) atoms. The van der Waals surface area contributed by atoms with Gasteiger partial charge >= 0.3 is 0 Å². The molecule has 0 saturated heterocycles.